The summed E-state index contributed by atoms with van der Waals surface area (Å²) < 4.78 is 10.7. The molecule has 1 aliphatic rings. The number of esters is 1. The van der Waals surface area contributed by atoms with E-state index in [1.807, 2.05) is 0 Å². The molecule has 0 spiro atoms. The first-order valence-corrected chi connectivity index (χ1v) is 7.97. The van der Waals surface area contributed by atoms with Crippen LogP contribution in [0.5, 0.6) is 11.5 Å². The molecular weight excluding hydrogens is 351 g/mol. The predicted molar refractivity (Wildman–Crippen MR) is 91.8 cm³/mol. The molecule has 0 saturated carbocycles. The maximum atomic E-state index is 12.4. The summed E-state index contributed by atoms with van der Waals surface area (Å²) in [5, 5.41) is 0.923. The Bertz CT molecular complexity index is 871. The van der Waals surface area contributed by atoms with E-state index in [4.69, 9.17) is 32.7 Å². The van der Waals surface area contributed by atoms with Crippen molar-refractivity contribution in [1.82, 2.24) is 0 Å². The summed E-state index contributed by atoms with van der Waals surface area (Å²) in [5.74, 6) is 0.206. The molecule has 0 N–H and O–H groups in total. The molecule has 2 aromatic carbocycles. The third-order valence-electron chi connectivity index (χ3n) is 3.41. The quantitative estimate of drug-likeness (QED) is 0.441. The number of halogens is 2. The highest BCUT2D eigenvalue weighted by atomic mass is 35.5. The van der Waals surface area contributed by atoms with Gasteiger partial charge in [-0.1, -0.05) is 36.2 Å². The fraction of sp³-hybridized carbons (Fsp3) is 0.111. The van der Waals surface area contributed by atoms with Crippen molar-refractivity contribution < 1.29 is 19.1 Å². The zero-order valence-electron chi connectivity index (χ0n) is 12.6. The summed E-state index contributed by atoms with van der Waals surface area (Å²) >= 11 is 12.0. The summed E-state index contributed by atoms with van der Waals surface area (Å²) in [4.78, 5) is 23.7. The van der Waals surface area contributed by atoms with Crippen LogP contribution in [0.2, 0.25) is 10.0 Å². The van der Waals surface area contributed by atoms with Gasteiger partial charge in [-0.2, -0.15) is 0 Å². The molecule has 1 aliphatic heterocycles. The summed E-state index contributed by atoms with van der Waals surface area (Å²) in [6.07, 6.45) is 1.82. The molecule has 0 unspecified atom stereocenters. The number of hydrogen-bond donors (Lipinski definition) is 0. The van der Waals surface area contributed by atoms with Crippen LogP contribution in [-0.2, 0) is 4.79 Å². The highest BCUT2D eigenvalue weighted by molar-refractivity contribution is 6.35. The van der Waals surface area contributed by atoms with Gasteiger partial charge in [0.25, 0.3) is 0 Å². The fourth-order valence-electron chi connectivity index (χ4n) is 2.19. The van der Waals surface area contributed by atoms with Crippen molar-refractivity contribution in [3.05, 3.63) is 63.3 Å². The van der Waals surface area contributed by atoms with Crippen molar-refractivity contribution >= 4 is 41.0 Å². The Labute approximate surface area is 148 Å². The van der Waals surface area contributed by atoms with Crippen molar-refractivity contribution in [1.29, 1.82) is 0 Å². The average molecular weight is 363 g/mol. The van der Waals surface area contributed by atoms with E-state index < -0.39 is 0 Å². The van der Waals surface area contributed by atoms with Crippen LogP contribution in [0.15, 0.2) is 42.2 Å². The Hall–Kier alpha value is -2.30. The van der Waals surface area contributed by atoms with Crippen LogP contribution in [0.3, 0.4) is 0 Å². The van der Waals surface area contributed by atoms with Crippen LogP contribution < -0.4 is 9.47 Å². The molecule has 3 rings (SSSR count). The number of rotatable bonds is 3. The fourth-order valence-corrected chi connectivity index (χ4v) is 2.66. The normalized spacial score (nSPS) is 14.5. The first-order chi connectivity index (χ1) is 11.5. The lowest BCUT2D eigenvalue weighted by atomic mass is 10.1. The molecule has 2 aromatic rings. The monoisotopic (exact) mass is 362 g/mol. The molecule has 0 amide bonds. The molecule has 0 radical (unpaired) electrons. The minimum atomic E-state index is -0.358. The maximum absolute atomic E-state index is 12.4. The number of ether oxygens (including phenoxy) is 2. The number of carbonyl (C=O) groups excluding carboxylic acids is 2. The van der Waals surface area contributed by atoms with Crippen molar-refractivity contribution in [2.45, 2.75) is 13.3 Å². The Morgan fingerprint density at radius 2 is 2.00 bits per heavy atom. The molecule has 4 nitrogen and oxygen atoms in total. The number of allylic oxidation sites excluding steroid dienone is 1. The average Bonchev–Trinajstić information content (AvgIpc) is 2.85. The second kappa shape index (κ2) is 6.67. The Morgan fingerprint density at radius 1 is 1.21 bits per heavy atom. The molecule has 0 aromatic heterocycles. The summed E-state index contributed by atoms with van der Waals surface area (Å²) in [6, 6.07) is 9.61. The maximum Gasteiger partial charge on any atom is 0.310 e. The molecule has 0 saturated heterocycles. The van der Waals surface area contributed by atoms with E-state index in [9.17, 15) is 9.59 Å². The van der Waals surface area contributed by atoms with E-state index in [0.29, 0.717) is 32.7 Å². The second-order valence-electron chi connectivity index (χ2n) is 5.09. The third-order valence-corrected chi connectivity index (χ3v) is 3.97. The van der Waals surface area contributed by atoms with Gasteiger partial charge in [-0.05, 0) is 35.9 Å². The highest BCUT2D eigenvalue weighted by Crippen LogP contribution is 2.35. The number of Topliss-reactive ketones (excluding diaryl/α,β-unsaturated/α-hetero) is 1. The van der Waals surface area contributed by atoms with E-state index in [1.54, 1.807) is 43.3 Å². The van der Waals surface area contributed by atoms with Gasteiger partial charge in [0, 0.05) is 22.5 Å². The number of benzene rings is 2. The first kappa shape index (κ1) is 16.6. The van der Waals surface area contributed by atoms with Gasteiger partial charge >= 0.3 is 5.97 Å². The minimum absolute atomic E-state index is 0.146. The van der Waals surface area contributed by atoms with E-state index in [-0.39, 0.29) is 23.9 Å². The number of fused-ring (bicyclic) bond motifs is 1. The van der Waals surface area contributed by atoms with Crippen molar-refractivity contribution in [2.24, 2.45) is 0 Å². The molecule has 24 heavy (non-hydrogen) atoms. The van der Waals surface area contributed by atoms with Gasteiger partial charge in [0.05, 0.1) is 5.56 Å². The predicted octanol–water partition coefficient (Wildman–Crippen LogP) is 4.93. The molecule has 6 heteroatoms. The van der Waals surface area contributed by atoms with Gasteiger partial charge in [0.2, 0.25) is 5.78 Å². The molecule has 1 heterocycles. The van der Waals surface area contributed by atoms with Crippen LogP contribution in [0, 0.1) is 0 Å². The molecule has 0 bridgehead atoms. The van der Waals surface area contributed by atoms with Crippen LogP contribution >= 0.6 is 23.2 Å². The zero-order valence-corrected chi connectivity index (χ0v) is 14.1. The standard InChI is InChI=1S/C18H12Cl2O4/c1-2-17(21)23-12-5-6-13-15(9-12)24-16(18(13)22)7-10-3-4-11(19)8-14(10)20/h3-9H,2H2,1H3. The van der Waals surface area contributed by atoms with Crippen molar-refractivity contribution in [2.75, 3.05) is 0 Å². The van der Waals surface area contributed by atoms with Gasteiger partial charge in [0.1, 0.15) is 11.5 Å². The van der Waals surface area contributed by atoms with Gasteiger partial charge in [0.15, 0.2) is 5.76 Å². The van der Waals surface area contributed by atoms with Crippen LogP contribution in [0.1, 0.15) is 29.3 Å². The topological polar surface area (TPSA) is 52.6 Å². The summed E-state index contributed by atoms with van der Waals surface area (Å²) in [6.45, 7) is 1.70. The smallest absolute Gasteiger partial charge is 0.310 e. The lowest BCUT2D eigenvalue weighted by Gasteiger charge is -2.04. The molecule has 0 aliphatic carbocycles. The largest absolute Gasteiger partial charge is 0.452 e. The van der Waals surface area contributed by atoms with Gasteiger partial charge in [-0.25, -0.2) is 0 Å². The van der Waals surface area contributed by atoms with Crippen molar-refractivity contribution in [3.8, 4) is 11.5 Å². The van der Waals surface area contributed by atoms with E-state index >= 15 is 0 Å². The van der Waals surface area contributed by atoms with E-state index in [0.717, 1.165) is 0 Å². The van der Waals surface area contributed by atoms with E-state index in [2.05, 4.69) is 0 Å². The SMILES string of the molecule is CCC(=O)Oc1ccc2c(c1)OC(=Cc1ccc(Cl)cc1Cl)C2=O. The highest BCUT2D eigenvalue weighted by Gasteiger charge is 2.28. The number of carbonyl (C=O) groups is 2. The number of hydrogen-bond acceptors (Lipinski definition) is 4. The first-order valence-electron chi connectivity index (χ1n) is 7.22. The lowest BCUT2D eigenvalue weighted by molar-refractivity contribution is -0.134. The van der Waals surface area contributed by atoms with Crippen LogP contribution in [0.25, 0.3) is 6.08 Å². The van der Waals surface area contributed by atoms with Gasteiger partial charge in [-0.15, -0.1) is 0 Å². The van der Waals surface area contributed by atoms with Gasteiger partial charge in [-0.3, -0.25) is 9.59 Å². The molecular formula is C18H12Cl2O4. The lowest BCUT2D eigenvalue weighted by Crippen LogP contribution is -2.05. The van der Waals surface area contributed by atoms with Crippen molar-refractivity contribution in [3.63, 3.8) is 0 Å². The Balaban J connectivity index is 1.90. The Morgan fingerprint density at radius 3 is 2.71 bits per heavy atom. The van der Waals surface area contributed by atoms with Crippen LogP contribution in [0.4, 0.5) is 0 Å². The molecule has 0 atom stereocenters. The Kier molecular flexibility index (Phi) is 4.60. The summed E-state index contributed by atoms with van der Waals surface area (Å²) in [7, 11) is 0. The minimum Gasteiger partial charge on any atom is -0.452 e. The molecule has 0 fully saturated rings. The summed E-state index contributed by atoms with van der Waals surface area (Å²) in [5.41, 5.74) is 1.03. The zero-order chi connectivity index (χ0) is 17.3. The third kappa shape index (κ3) is 3.30. The molecule has 122 valence electrons. The van der Waals surface area contributed by atoms with E-state index in [1.165, 1.54) is 6.07 Å². The van der Waals surface area contributed by atoms with Gasteiger partial charge < -0.3 is 9.47 Å². The number of ketones is 1. The van der Waals surface area contributed by atoms with Crippen LogP contribution in [-0.4, -0.2) is 11.8 Å². The second-order valence-corrected chi connectivity index (χ2v) is 5.93.